The zero-order valence-electron chi connectivity index (χ0n) is 15.2. The first-order valence-corrected chi connectivity index (χ1v) is 8.68. The first-order chi connectivity index (χ1) is 13.5. The lowest BCUT2D eigenvalue weighted by molar-refractivity contribution is -0.141. The normalized spacial score (nSPS) is 11.6. The summed E-state index contributed by atoms with van der Waals surface area (Å²) in [5, 5.41) is 6.70. The van der Waals surface area contributed by atoms with E-state index in [1.807, 2.05) is 30.3 Å². The molecule has 1 aromatic heterocycles. The number of rotatable bonds is 7. The molecule has 3 aromatic rings. The summed E-state index contributed by atoms with van der Waals surface area (Å²) in [6, 6.07) is 16.1. The Kier molecular flexibility index (Phi) is 6.16. The summed E-state index contributed by atoms with van der Waals surface area (Å²) < 4.78 is 23.2. The molecule has 0 bridgehead atoms. The van der Waals surface area contributed by atoms with E-state index in [0.717, 1.165) is 5.56 Å². The molecular formula is C21H19FN2O4. The second kappa shape index (κ2) is 8.94. The average molecular weight is 382 g/mol. The monoisotopic (exact) mass is 382 g/mol. The van der Waals surface area contributed by atoms with Crippen LogP contribution in [0.2, 0.25) is 0 Å². The van der Waals surface area contributed by atoms with Crippen LogP contribution < -0.4 is 5.32 Å². The Hall–Kier alpha value is -3.48. The van der Waals surface area contributed by atoms with Gasteiger partial charge in [-0.15, -0.1) is 0 Å². The van der Waals surface area contributed by atoms with E-state index in [4.69, 9.17) is 4.52 Å². The number of esters is 1. The van der Waals surface area contributed by atoms with Crippen molar-refractivity contribution in [2.45, 2.75) is 18.9 Å². The van der Waals surface area contributed by atoms with Crippen LogP contribution in [0.15, 0.2) is 65.2 Å². The molecule has 0 saturated carbocycles. The maximum absolute atomic E-state index is 13.2. The third kappa shape index (κ3) is 5.03. The van der Waals surface area contributed by atoms with Gasteiger partial charge < -0.3 is 14.6 Å². The number of amides is 1. The zero-order chi connectivity index (χ0) is 19.9. The summed E-state index contributed by atoms with van der Waals surface area (Å²) in [6.45, 7) is 0. The van der Waals surface area contributed by atoms with Gasteiger partial charge in [-0.05, 0) is 17.7 Å². The number of benzene rings is 2. The van der Waals surface area contributed by atoms with Crippen molar-refractivity contribution < 1.29 is 23.2 Å². The van der Waals surface area contributed by atoms with Gasteiger partial charge in [-0.25, -0.2) is 4.39 Å². The highest BCUT2D eigenvalue weighted by atomic mass is 19.1. The molecule has 1 unspecified atom stereocenters. The SMILES string of the molecule is COC(=O)CC(NC(=O)Cc1cc(-c2ccccc2)on1)c1ccc(F)cc1. The number of halogens is 1. The summed E-state index contributed by atoms with van der Waals surface area (Å²) in [5.41, 5.74) is 1.93. The predicted octanol–water partition coefficient (Wildman–Crippen LogP) is 3.44. The third-order valence-electron chi connectivity index (χ3n) is 4.16. The van der Waals surface area contributed by atoms with Gasteiger partial charge in [-0.1, -0.05) is 47.6 Å². The van der Waals surface area contributed by atoms with Crippen molar-refractivity contribution in [1.29, 1.82) is 0 Å². The molecule has 144 valence electrons. The van der Waals surface area contributed by atoms with Crippen LogP contribution in [-0.2, 0) is 20.7 Å². The largest absolute Gasteiger partial charge is 0.469 e. The molecule has 7 heteroatoms. The van der Waals surface area contributed by atoms with E-state index in [0.29, 0.717) is 17.0 Å². The van der Waals surface area contributed by atoms with Crippen LogP contribution in [0.3, 0.4) is 0 Å². The molecule has 0 aliphatic heterocycles. The quantitative estimate of drug-likeness (QED) is 0.633. The molecule has 3 rings (SSSR count). The van der Waals surface area contributed by atoms with Crippen molar-refractivity contribution in [3.8, 4) is 11.3 Å². The summed E-state index contributed by atoms with van der Waals surface area (Å²) in [6.07, 6.45) is -0.0862. The summed E-state index contributed by atoms with van der Waals surface area (Å²) in [5.74, 6) is -0.662. The number of nitrogens with zero attached hydrogens (tertiary/aromatic N) is 1. The van der Waals surface area contributed by atoms with Gasteiger partial charge in [0.2, 0.25) is 5.91 Å². The third-order valence-corrected chi connectivity index (χ3v) is 4.16. The van der Waals surface area contributed by atoms with E-state index in [1.54, 1.807) is 6.07 Å². The Balaban J connectivity index is 1.69. The van der Waals surface area contributed by atoms with Crippen LogP contribution in [0.1, 0.15) is 23.7 Å². The Morgan fingerprint density at radius 3 is 2.54 bits per heavy atom. The lowest BCUT2D eigenvalue weighted by Crippen LogP contribution is -2.31. The molecule has 0 aliphatic rings. The van der Waals surface area contributed by atoms with Crippen LogP contribution >= 0.6 is 0 Å². The number of carbonyl (C=O) groups is 2. The molecular weight excluding hydrogens is 363 g/mol. The summed E-state index contributed by atoms with van der Waals surface area (Å²) in [7, 11) is 1.27. The van der Waals surface area contributed by atoms with Crippen molar-refractivity contribution in [1.82, 2.24) is 10.5 Å². The standard InChI is InChI=1S/C21H19FN2O4/c1-27-21(26)13-18(14-7-9-16(22)10-8-14)23-20(25)12-17-11-19(28-24-17)15-5-3-2-4-6-15/h2-11,18H,12-13H2,1H3,(H,23,25). The van der Waals surface area contributed by atoms with Gasteiger partial charge in [0.25, 0.3) is 0 Å². The summed E-state index contributed by atoms with van der Waals surface area (Å²) >= 11 is 0. The minimum Gasteiger partial charge on any atom is -0.469 e. The Bertz CT molecular complexity index is 939. The van der Waals surface area contributed by atoms with E-state index >= 15 is 0 Å². The maximum Gasteiger partial charge on any atom is 0.307 e. The zero-order valence-corrected chi connectivity index (χ0v) is 15.2. The number of methoxy groups -OCH3 is 1. The Labute approximate surface area is 161 Å². The van der Waals surface area contributed by atoms with Gasteiger partial charge in [-0.2, -0.15) is 0 Å². The maximum atomic E-state index is 13.2. The first kappa shape index (κ1) is 19.3. The van der Waals surface area contributed by atoms with E-state index < -0.39 is 17.8 Å². The average Bonchev–Trinajstić information content (AvgIpc) is 3.17. The van der Waals surface area contributed by atoms with Crippen molar-refractivity contribution in [3.63, 3.8) is 0 Å². The Morgan fingerprint density at radius 2 is 1.86 bits per heavy atom. The minimum atomic E-state index is -0.638. The first-order valence-electron chi connectivity index (χ1n) is 8.68. The molecule has 6 nitrogen and oxygen atoms in total. The molecule has 0 radical (unpaired) electrons. The molecule has 1 heterocycles. The van der Waals surface area contributed by atoms with E-state index in [-0.39, 0.29) is 18.7 Å². The van der Waals surface area contributed by atoms with Crippen molar-refractivity contribution in [3.05, 3.63) is 77.7 Å². The predicted molar refractivity (Wildman–Crippen MR) is 99.6 cm³/mol. The van der Waals surface area contributed by atoms with Crippen molar-refractivity contribution in [2.75, 3.05) is 7.11 Å². The molecule has 1 atom stereocenters. The smallest absolute Gasteiger partial charge is 0.307 e. The van der Waals surface area contributed by atoms with Crippen LogP contribution in [0.4, 0.5) is 4.39 Å². The van der Waals surface area contributed by atoms with E-state index in [1.165, 1.54) is 31.4 Å². The summed E-state index contributed by atoms with van der Waals surface area (Å²) in [4.78, 5) is 24.1. The van der Waals surface area contributed by atoms with Gasteiger partial charge in [0.15, 0.2) is 5.76 Å². The van der Waals surface area contributed by atoms with Crippen LogP contribution in [0, 0.1) is 5.82 Å². The number of nitrogens with one attached hydrogen (secondary N) is 1. The molecule has 0 fully saturated rings. The van der Waals surface area contributed by atoms with Crippen molar-refractivity contribution in [2.24, 2.45) is 0 Å². The van der Waals surface area contributed by atoms with Gasteiger partial charge in [0, 0.05) is 11.6 Å². The van der Waals surface area contributed by atoms with Crippen molar-refractivity contribution >= 4 is 11.9 Å². The molecule has 0 spiro atoms. The Morgan fingerprint density at radius 1 is 1.14 bits per heavy atom. The second-order valence-electron chi connectivity index (χ2n) is 6.18. The lowest BCUT2D eigenvalue weighted by atomic mass is 10.0. The minimum absolute atomic E-state index is 0.0186. The lowest BCUT2D eigenvalue weighted by Gasteiger charge is -2.18. The van der Waals surface area contributed by atoms with E-state index in [2.05, 4.69) is 15.2 Å². The highest BCUT2D eigenvalue weighted by Gasteiger charge is 2.20. The fraction of sp³-hybridized carbons (Fsp3) is 0.190. The highest BCUT2D eigenvalue weighted by Crippen LogP contribution is 2.21. The van der Waals surface area contributed by atoms with Gasteiger partial charge in [-0.3, -0.25) is 9.59 Å². The van der Waals surface area contributed by atoms with Gasteiger partial charge >= 0.3 is 5.97 Å². The van der Waals surface area contributed by atoms with Gasteiger partial charge in [0.1, 0.15) is 5.82 Å². The molecule has 1 N–H and O–H groups in total. The fourth-order valence-electron chi connectivity index (χ4n) is 2.74. The molecule has 1 amide bonds. The highest BCUT2D eigenvalue weighted by molar-refractivity contribution is 5.80. The topological polar surface area (TPSA) is 81.4 Å². The molecule has 0 saturated heterocycles. The van der Waals surface area contributed by atoms with E-state index in [9.17, 15) is 14.0 Å². The molecule has 28 heavy (non-hydrogen) atoms. The van der Waals surface area contributed by atoms with Crippen LogP contribution in [-0.4, -0.2) is 24.1 Å². The molecule has 0 aliphatic carbocycles. The number of carbonyl (C=O) groups excluding carboxylic acids is 2. The fourth-order valence-corrected chi connectivity index (χ4v) is 2.74. The van der Waals surface area contributed by atoms with Crippen LogP contribution in [0.5, 0.6) is 0 Å². The molecule has 2 aromatic carbocycles. The number of hydrogen-bond donors (Lipinski definition) is 1. The van der Waals surface area contributed by atoms with Crippen LogP contribution in [0.25, 0.3) is 11.3 Å². The number of hydrogen-bond acceptors (Lipinski definition) is 5. The second-order valence-corrected chi connectivity index (χ2v) is 6.18. The number of aromatic nitrogens is 1. The van der Waals surface area contributed by atoms with Gasteiger partial charge in [0.05, 0.1) is 31.7 Å². The number of ether oxygens (including phenoxy) is 1.